The maximum Gasteiger partial charge on any atom is 0.336 e. The highest BCUT2D eigenvalue weighted by Crippen LogP contribution is 2.41. The largest absolute Gasteiger partial charge is 0.466 e. The third-order valence-electron chi connectivity index (χ3n) is 9.15. The number of esters is 4. The number of carbonyl (C=O) groups is 4. The number of hydrogen-bond acceptors (Lipinski definition) is 14. The lowest BCUT2D eigenvalue weighted by Gasteiger charge is -2.30. The summed E-state index contributed by atoms with van der Waals surface area (Å²) in [7, 11) is 2.45. The molecule has 0 aromatic heterocycles. The van der Waals surface area contributed by atoms with Crippen LogP contribution in [0, 0.1) is 20.2 Å². The molecule has 0 saturated heterocycles. The topological polar surface area (TPSA) is 216 Å². The molecule has 2 aliphatic rings. The van der Waals surface area contributed by atoms with Crippen LogP contribution in [0.3, 0.4) is 0 Å². The van der Waals surface area contributed by atoms with Crippen molar-refractivity contribution in [2.75, 3.05) is 27.4 Å². The highest BCUT2D eigenvalue weighted by Gasteiger charge is 2.39. The number of carbonyl (C=O) groups excluding carboxylic acids is 4. The molecule has 2 aromatic rings. The molecule has 0 fully saturated rings. The number of non-ortho nitro benzene ring substituents is 2. The van der Waals surface area contributed by atoms with Crippen LogP contribution < -0.4 is 10.6 Å². The van der Waals surface area contributed by atoms with Crippen LogP contribution in [0.4, 0.5) is 11.4 Å². The number of hydrogen-bond donors (Lipinski definition) is 2. The minimum atomic E-state index is -0.886. The van der Waals surface area contributed by atoms with Crippen LogP contribution in [0.1, 0.15) is 76.3 Å². The van der Waals surface area contributed by atoms with Gasteiger partial charge in [0.15, 0.2) is 0 Å². The lowest BCUT2D eigenvalue weighted by Crippen LogP contribution is -2.32. The summed E-state index contributed by atoms with van der Waals surface area (Å²) in [4.78, 5) is 74.0. The van der Waals surface area contributed by atoms with Crippen molar-refractivity contribution in [1.29, 1.82) is 0 Å². The van der Waals surface area contributed by atoms with Gasteiger partial charge in [-0.3, -0.25) is 20.2 Å². The highest BCUT2D eigenvalue weighted by atomic mass is 16.6. The predicted molar refractivity (Wildman–Crippen MR) is 193 cm³/mol. The minimum Gasteiger partial charge on any atom is -0.466 e. The third-order valence-corrected chi connectivity index (χ3v) is 9.15. The summed E-state index contributed by atoms with van der Waals surface area (Å²) < 4.78 is 21.2. The Hall–Kier alpha value is -6.32. The first-order chi connectivity index (χ1) is 25.7. The van der Waals surface area contributed by atoms with Gasteiger partial charge >= 0.3 is 23.9 Å². The molecule has 2 N–H and O–H groups in total. The molecule has 2 aromatic carbocycles. The monoisotopic (exact) mass is 746 g/mol. The van der Waals surface area contributed by atoms with E-state index in [0.717, 1.165) is 0 Å². The fraction of sp³-hybridized carbons (Fsp3) is 0.368. The molecule has 0 radical (unpaired) electrons. The maximum atomic E-state index is 13.5. The van der Waals surface area contributed by atoms with Crippen LogP contribution in [-0.2, 0) is 38.1 Å². The molecule has 2 atom stereocenters. The number of allylic oxidation sites excluding steroid dienone is 4. The van der Waals surface area contributed by atoms with E-state index in [1.54, 1.807) is 27.7 Å². The van der Waals surface area contributed by atoms with Gasteiger partial charge in [0.25, 0.3) is 11.4 Å². The number of nitrogens with one attached hydrogen (secondary N) is 2. The average Bonchev–Trinajstić information content (AvgIpc) is 3.14. The predicted octanol–water partition coefficient (Wildman–Crippen LogP) is 5.67. The lowest BCUT2D eigenvalue weighted by molar-refractivity contribution is -0.385. The van der Waals surface area contributed by atoms with Crippen molar-refractivity contribution < 1.29 is 48.0 Å². The Morgan fingerprint density at radius 3 is 1.11 bits per heavy atom. The van der Waals surface area contributed by atoms with Crippen LogP contribution >= 0.6 is 0 Å². The second kappa shape index (κ2) is 17.9. The van der Waals surface area contributed by atoms with Gasteiger partial charge < -0.3 is 29.6 Å². The summed E-state index contributed by atoms with van der Waals surface area (Å²) in [5.74, 6) is -4.41. The summed E-state index contributed by atoms with van der Waals surface area (Å²) in [6.07, 6.45) is 2.23. The lowest BCUT2D eigenvalue weighted by atomic mass is 9.80. The smallest absolute Gasteiger partial charge is 0.336 e. The Balaban J connectivity index is 1.35. The number of dihydropyridines is 2. The molecule has 286 valence electrons. The van der Waals surface area contributed by atoms with E-state index in [4.69, 9.17) is 18.9 Å². The molecule has 0 bridgehead atoms. The average molecular weight is 747 g/mol. The molecule has 0 spiro atoms. The molecular formula is C38H42N4O12. The van der Waals surface area contributed by atoms with Crippen LogP contribution in [0.5, 0.6) is 0 Å². The van der Waals surface area contributed by atoms with E-state index in [1.165, 1.54) is 62.8 Å². The first-order valence-corrected chi connectivity index (χ1v) is 17.1. The molecule has 16 nitrogen and oxygen atoms in total. The fourth-order valence-corrected chi connectivity index (χ4v) is 6.58. The van der Waals surface area contributed by atoms with Gasteiger partial charge in [0, 0.05) is 47.1 Å². The van der Waals surface area contributed by atoms with Gasteiger partial charge in [0.2, 0.25) is 0 Å². The van der Waals surface area contributed by atoms with Crippen LogP contribution in [0.25, 0.3) is 0 Å². The van der Waals surface area contributed by atoms with Crippen LogP contribution in [0.15, 0.2) is 93.6 Å². The van der Waals surface area contributed by atoms with E-state index in [2.05, 4.69) is 10.6 Å². The van der Waals surface area contributed by atoms with Crippen LogP contribution in [0.2, 0.25) is 0 Å². The summed E-state index contributed by atoms with van der Waals surface area (Å²) in [6.45, 7) is 6.83. The minimum absolute atomic E-state index is 0.0648. The Labute approximate surface area is 311 Å². The zero-order valence-corrected chi connectivity index (χ0v) is 30.8. The van der Waals surface area contributed by atoms with Gasteiger partial charge in [0.05, 0.1) is 71.4 Å². The summed E-state index contributed by atoms with van der Waals surface area (Å²) in [5, 5.41) is 28.6. The number of benzene rings is 2. The van der Waals surface area contributed by atoms with Crippen molar-refractivity contribution >= 4 is 35.3 Å². The molecule has 54 heavy (non-hydrogen) atoms. The number of ether oxygens (including phenoxy) is 4. The van der Waals surface area contributed by atoms with E-state index >= 15 is 0 Å². The molecule has 2 unspecified atom stereocenters. The molecule has 2 heterocycles. The van der Waals surface area contributed by atoms with Crippen molar-refractivity contribution in [2.24, 2.45) is 0 Å². The van der Waals surface area contributed by atoms with E-state index in [1.807, 2.05) is 0 Å². The second-order valence-corrected chi connectivity index (χ2v) is 12.6. The Kier molecular flexibility index (Phi) is 13.4. The normalized spacial score (nSPS) is 17.0. The van der Waals surface area contributed by atoms with Crippen molar-refractivity contribution in [2.45, 2.75) is 65.2 Å². The molecule has 16 heteroatoms. The summed E-state index contributed by atoms with van der Waals surface area (Å²) >= 11 is 0. The number of rotatable bonds is 15. The van der Waals surface area contributed by atoms with Gasteiger partial charge in [0.1, 0.15) is 0 Å². The van der Waals surface area contributed by atoms with Crippen LogP contribution in [-0.4, -0.2) is 61.2 Å². The van der Waals surface area contributed by atoms with Crippen molar-refractivity contribution in [3.05, 3.63) is 125 Å². The Bertz CT molecular complexity index is 1820. The van der Waals surface area contributed by atoms with Crippen molar-refractivity contribution in [3.8, 4) is 0 Å². The number of methoxy groups -OCH3 is 2. The molecule has 0 saturated carbocycles. The number of nitrogens with zero attached hydrogens (tertiary/aromatic N) is 2. The highest BCUT2D eigenvalue weighted by molar-refractivity contribution is 6.00. The standard InChI is InChI=1S/C38H42N4O12/c1-21-29(35(43)51-5)33(25-11-15-27(16-12-25)41(47)48)31(23(3)39-21)37(45)53-19-9-7-8-10-20-54-38(46)32-24(4)40-22(2)30(36(44)52-6)34(32)26-13-17-28(18-14-26)42(49)50/h11-18,33-34,39-40H,7-10,19-20H2,1-6H3. The molecule has 4 rings (SSSR count). The maximum absolute atomic E-state index is 13.5. The van der Waals surface area contributed by atoms with Gasteiger partial charge in [-0.25, -0.2) is 19.2 Å². The Morgan fingerprint density at radius 2 is 0.833 bits per heavy atom. The van der Waals surface area contributed by atoms with Crippen molar-refractivity contribution in [1.82, 2.24) is 10.6 Å². The summed E-state index contributed by atoms with van der Waals surface area (Å²) in [5.41, 5.74) is 3.27. The first kappa shape index (κ1) is 40.5. The number of nitro benzene ring substituents is 2. The molecule has 2 aliphatic heterocycles. The molecule has 0 amide bonds. The summed E-state index contributed by atoms with van der Waals surface area (Å²) in [6, 6.07) is 11.2. The van der Waals surface area contributed by atoms with E-state index < -0.39 is 45.6 Å². The third kappa shape index (κ3) is 9.00. The fourth-order valence-electron chi connectivity index (χ4n) is 6.58. The molecular weight excluding hydrogens is 704 g/mol. The van der Waals surface area contributed by atoms with E-state index in [0.29, 0.717) is 59.6 Å². The van der Waals surface area contributed by atoms with Gasteiger partial charge in [-0.15, -0.1) is 0 Å². The number of nitro groups is 2. The second-order valence-electron chi connectivity index (χ2n) is 12.6. The quantitative estimate of drug-likeness (QED) is 0.0739. The SMILES string of the molecule is COC(=O)C1=C(C)NC(C)=C(C(=O)OCCCCCCOC(=O)C2=C(C)NC(C)=C(C(=O)OC)C2c2ccc([N+](=O)[O-])cc2)C1c1ccc([N+](=O)[O-])cc1. The Morgan fingerprint density at radius 1 is 0.537 bits per heavy atom. The van der Waals surface area contributed by atoms with E-state index in [-0.39, 0.29) is 46.9 Å². The van der Waals surface area contributed by atoms with Gasteiger partial charge in [-0.1, -0.05) is 24.3 Å². The molecule has 0 aliphatic carbocycles. The zero-order chi connectivity index (χ0) is 39.7. The van der Waals surface area contributed by atoms with Gasteiger partial charge in [-0.2, -0.15) is 0 Å². The number of unbranched alkanes of at least 4 members (excludes halogenated alkanes) is 3. The van der Waals surface area contributed by atoms with E-state index in [9.17, 15) is 39.4 Å². The first-order valence-electron chi connectivity index (χ1n) is 17.1. The zero-order valence-electron chi connectivity index (χ0n) is 30.8. The van der Waals surface area contributed by atoms with Crippen molar-refractivity contribution in [3.63, 3.8) is 0 Å². The van der Waals surface area contributed by atoms with Gasteiger partial charge in [-0.05, 0) is 64.5 Å².